The zero-order chi connectivity index (χ0) is 35.4. The number of aromatic nitrogens is 1. The summed E-state index contributed by atoms with van der Waals surface area (Å²) in [6.45, 7) is 1.15. The molecule has 48 heavy (non-hydrogen) atoms. The first kappa shape index (κ1) is 36.7. The molecule has 5 atom stereocenters. The number of carbonyl (C=O) groups excluding carboxylic acids is 4. The minimum Gasteiger partial charge on any atom is -0.481 e. The van der Waals surface area contributed by atoms with Crippen molar-refractivity contribution in [2.45, 2.75) is 69.2 Å². The first-order chi connectivity index (χ1) is 22.7. The van der Waals surface area contributed by atoms with Crippen LogP contribution >= 0.6 is 0 Å². The Hall–Kier alpha value is -5.77. The van der Waals surface area contributed by atoms with Crippen LogP contribution < -0.4 is 27.0 Å². The molecule has 3 rings (SSSR count). The van der Waals surface area contributed by atoms with Gasteiger partial charge >= 0.3 is 17.9 Å². The van der Waals surface area contributed by atoms with E-state index in [1.54, 1.807) is 36.5 Å². The van der Waals surface area contributed by atoms with E-state index < -0.39 is 91.0 Å². The fraction of sp³-hybridized carbons (Fsp3) is 0.344. The number of hydrogen-bond acceptors (Lipinski definition) is 8. The van der Waals surface area contributed by atoms with Crippen molar-refractivity contribution in [1.82, 2.24) is 26.3 Å². The van der Waals surface area contributed by atoms with Crippen LogP contribution in [-0.4, -0.2) is 92.0 Å². The van der Waals surface area contributed by atoms with E-state index in [4.69, 9.17) is 15.9 Å². The Labute approximate surface area is 274 Å². The maximum atomic E-state index is 13.6. The van der Waals surface area contributed by atoms with Gasteiger partial charge in [0.1, 0.15) is 24.2 Å². The van der Waals surface area contributed by atoms with Crippen molar-refractivity contribution in [1.29, 1.82) is 0 Å². The molecular weight excluding hydrogens is 628 g/mol. The summed E-state index contributed by atoms with van der Waals surface area (Å²) in [6, 6.07) is 8.84. The summed E-state index contributed by atoms with van der Waals surface area (Å²) in [5.74, 6) is -8.00. The highest BCUT2D eigenvalue weighted by atomic mass is 16.4. The number of amides is 4. The summed E-state index contributed by atoms with van der Waals surface area (Å²) in [7, 11) is 0. The van der Waals surface area contributed by atoms with E-state index in [9.17, 15) is 38.7 Å². The summed E-state index contributed by atoms with van der Waals surface area (Å²) in [5.41, 5.74) is 8.48. The molecule has 1 heterocycles. The molecule has 0 radical (unpaired) electrons. The molecule has 0 bridgehead atoms. The number of aliphatic carboxylic acids is 3. The average molecular weight is 667 g/mol. The first-order valence-electron chi connectivity index (χ1n) is 15.0. The molecule has 0 unspecified atom stereocenters. The number of carbonyl (C=O) groups is 7. The Kier molecular flexibility index (Phi) is 13.2. The van der Waals surface area contributed by atoms with E-state index in [1.807, 2.05) is 24.3 Å². The lowest BCUT2D eigenvalue weighted by molar-refractivity contribution is -0.143. The van der Waals surface area contributed by atoms with E-state index in [1.165, 1.54) is 0 Å². The van der Waals surface area contributed by atoms with Crippen LogP contribution in [0.2, 0.25) is 0 Å². The van der Waals surface area contributed by atoms with Crippen molar-refractivity contribution in [3.05, 3.63) is 71.9 Å². The first-order valence-corrected chi connectivity index (χ1v) is 15.0. The molecule has 2 aromatic carbocycles. The van der Waals surface area contributed by atoms with Gasteiger partial charge in [-0.3, -0.25) is 33.6 Å². The highest BCUT2D eigenvalue weighted by Gasteiger charge is 2.33. The largest absolute Gasteiger partial charge is 0.481 e. The fourth-order valence-corrected chi connectivity index (χ4v) is 4.81. The SMILES string of the molecule is C[C@H](NC(=O)[C@H](CCC(=O)O)NC(=O)[C@H](CC(=O)O)NC(=O)[C@H](Cc1ccccc1)NC(=O)[C@@H](N)Cc1c[nH]c2ccccc12)C(=O)O. The Morgan fingerprint density at radius 3 is 1.94 bits per heavy atom. The predicted octanol–water partition coefficient (Wildman–Crippen LogP) is -0.336. The number of rotatable bonds is 18. The van der Waals surface area contributed by atoms with Gasteiger partial charge in [-0.1, -0.05) is 48.5 Å². The van der Waals surface area contributed by atoms with Crippen LogP contribution in [0.4, 0.5) is 0 Å². The van der Waals surface area contributed by atoms with Crippen LogP contribution in [0.5, 0.6) is 0 Å². The molecule has 10 N–H and O–H groups in total. The van der Waals surface area contributed by atoms with E-state index in [2.05, 4.69) is 26.3 Å². The van der Waals surface area contributed by atoms with Crippen molar-refractivity contribution in [3.63, 3.8) is 0 Å². The molecule has 3 aromatic rings. The lowest BCUT2D eigenvalue weighted by Gasteiger charge is -2.25. The molecule has 16 heteroatoms. The van der Waals surface area contributed by atoms with Gasteiger partial charge in [-0.15, -0.1) is 0 Å². The van der Waals surface area contributed by atoms with Crippen molar-refractivity contribution in [2.24, 2.45) is 5.73 Å². The zero-order valence-electron chi connectivity index (χ0n) is 26.0. The lowest BCUT2D eigenvalue weighted by atomic mass is 10.0. The summed E-state index contributed by atoms with van der Waals surface area (Å²) in [4.78, 5) is 89.9. The monoisotopic (exact) mass is 666 g/mol. The van der Waals surface area contributed by atoms with Crippen molar-refractivity contribution < 1.29 is 48.9 Å². The summed E-state index contributed by atoms with van der Waals surface area (Å²) in [6.07, 6.45) is -0.209. The number of nitrogens with one attached hydrogen (secondary N) is 5. The second kappa shape index (κ2) is 17.2. The molecule has 0 spiro atoms. The summed E-state index contributed by atoms with van der Waals surface area (Å²) in [5, 5.41) is 37.8. The second-order valence-corrected chi connectivity index (χ2v) is 11.1. The van der Waals surface area contributed by atoms with Crippen LogP contribution in [-0.2, 0) is 46.4 Å². The Balaban J connectivity index is 1.80. The van der Waals surface area contributed by atoms with Gasteiger partial charge in [-0.2, -0.15) is 0 Å². The van der Waals surface area contributed by atoms with Crippen LogP contribution in [0, 0.1) is 0 Å². The molecule has 0 aliphatic rings. The molecule has 4 amide bonds. The van der Waals surface area contributed by atoms with Gasteiger partial charge in [0.2, 0.25) is 23.6 Å². The van der Waals surface area contributed by atoms with Gasteiger partial charge in [-0.05, 0) is 37.0 Å². The topological polar surface area (TPSA) is 270 Å². The van der Waals surface area contributed by atoms with Gasteiger partial charge in [0.15, 0.2) is 0 Å². The molecule has 1 aromatic heterocycles. The number of benzene rings is 2. The van der Waals surface area contributed by atoms with Crippen molar-refractivity contribution >= 4 is 52.4 Å². The number of aromatic amines is 1. The zero-order valence-corrected chi connectivity index (χ0v) is 26.0. The minimum atomic E-state index is -1.78. The Morgan fingerprint density at radius 2 is 1.29 bits per heavy atom. The minimum absolute atomic E-state index is 0.0592. The van der Waals surface area contributed by atoms with Crippen molar-refractivity contribution in [2.75, 3.05) is 0 Å². The third-order valence-electron chi connectivity index (χ3n) is 7.39. The highest BCUT2D eigenvalue weighted by molar-refractivity contribution is 5.97. The van der Waals surface area contributed by atoms with Gasteiger partial charge in [0.25, 0.3) is 0 Å². The Morgan fingerprint density at radius 1 is 0.708 bits per heavy atom. The third-order valence-corrected chi connectivity index (χ3v) is 7.39. The van der Waals surface area contributed by atoms with Crippen LogP contribution in [0.1, 0.15) is 37.3 Å². The second-order valence-electron chi connectivity index (χ2n) is 11.1. The van der Waals surface area contributed by atoms with Crippen LogP contribution in [0.25, 0.3) is 10.9 Å². The van der Waals surface area contributed by atoms with Gasteiger partial charge in [-0.25, -0.2) is 0 Å². The number of hydrogen-bond donors (Lipinski definition) is 9. The Bertz CT molecular complexity index is 1640. The smallest absolute Gasteiger partial charge is 0.325 e. The van der Waals surface area contributed by atoms with Crippen LogP contribution in [0.3, 0.4) is 0 Å². The number of H-pyrrole nitrogens is 1. The van der Waals surface area contributed by atoms with Crippen molar-refractivity contribution in [3.8, 4) is 0 Å². The number of nitrogens with two attached hydrogens (primary N) is 1. The molecular formula is C32H38N6O10. The third kappa shape index (κ3) is 10.9. The number of fused-ring (bicyclic) bond motifs is 1. The van der Waals surface area contributed by atoms with E-state index in [-0.39, 0.29) is 12.8 Å². The molecule has 256 valence electrons. The molecule has 0 aliphatic carbocycles. The average Bonchev–Trinajstić information content (AvgIpc) is 3.44. The van der Waals surface area contributed by atoms with Gasteiger partial charge < -0.3 is 47.3 Å². The maximum Gasteiger partial charge on any atom is 0.325 e. The molecule has 0 saturated carbocycles. The molecule has 16 nitrogen and oxygen atoms in total. The number of carboxylic acids is 3. The molecule has 0 aliphatic heterocycles. The van der Waals surface area contributed by atoms with Gasteiger partial charge in [0.05, 0.1) is 12.5 Å². The van der Waals surface area contributed by atoms with E-state index in [0.29, 0.717) is 5.56 Å². The van der Waals surface area contributed by atoms with E-state index >= 15 is 0 Å². The lowest BCUT2D eigenvalue weighted by Crippen LogP contribution is -2.59. The summed E-state index contributed by atoms with van der Waals surface area (Å²) < 4.78 is 0. The van der Waals surface area contributed by atoms with Crippen LogP contribution in [0.15, 0.2) is 60.8 Å². The summed E-state index contributed by atoms with van der Waals surface area (Å²) >= 11 is 0. The quantitative estimate of drug-likeness (QED) is 0.0847. The number of para-hydroxylation sites is 1. The van der Waals surface area contributed by atoms with E-state index in [0.717, 1.165) is 23.4 Å². The van der Waals surface area contributed by atoms with Gasteiger partial charge in [0, 0.05) is 29.9 Å². The normalized spacial score (nSPS) is 14.0. The number of carboxylic acid groups (broad SMARTS) is 3. The molecule has 0 fully saturated rings. The maximum absolute atomic E-state index is 13.6. The predicted molar refractivity (Wildman–Crippen MR) is 170 cm³/mol. The fourth-order valence-electron chi connectivity index (χ4n) is 4.81. The highest BCUT2D eigenvalue weighted by Crippen LogP contribution is 2.19. The molecule has 0 saturated heterocycles. The standard InChI is InChI=1S/C32H38N6O10/c1-17(32(47)48)35-29(44)23(11-12-26(39)40)36-31(46)25(15-27(41)42)38-30(45)24(13-18-7-3-2-4-8-18)37-28(43)21(33)14-19-16-34-22-10-6-5-9-20(19)22/h2-10,16-17,21,23-25,34H,11-15,33H2,1H3,(H,35,44)(H,36,46)(H,37,43)(H,38,45)(H,39,40)(H,41,42)(H,47,48)/t17-,21-,23-,24-,25-/m0/s1.